The molecule has 0 aliphatic heterocycles. The Morgan fingerprint density at radius 3 is 2.50 bits per heavy atom. The number of benzene rings is 1. The van der Waals surface area contributed by atoms with E-state index in [1.54, 1.807) is 23.5 Å². The Morgan fingerprint density at radius 1 is 1.15 bits per heavy atom. The van der Waals surface area contributed by atoms with Crippen LogP contribution in [0, 0.1) is 0 Å². The molecule has 0 aliphatic rings. The predicted molar refractivity (Wildman–Crippen MR) is 79.1 cm³/mol. The molecule has 1 heterocycles. The summed E-state index contributed by atoms with van der Waals surface area (Å²) in [5.74, 6) is -0.857. The first-order chi connectivity index (χ1) is 9.63. The Labute approximate surface area is 121 Å². The van der Waals surface area contributed by atoms with E-state index < -0.39 is 5.97 Å². The van der Waals surface area contributed by atoms with Crippen molar-refractivity contribution in [2.24, 2.45) is 0 Å². The van der Waals surface area contributed by atoms with E-state index in [4.69, 9.17) is 5.11 Å². The molecule has 0 saturated heterocycles. The summed E-state index contributed by atoms with van der Waals surface area (Å²) in [6.45, 7) is 0. The van der Waals surface area contributed by atoms with E-state index in [1.165, 1.54) is 0 Å². The van der Waals surface area contributed by atoms with E-state index in [2.05, 4.69) is 5.32 Å². The van der Waals surface area contributed by atoms with Gasteiger partial charge in [0.05, 0.1) is 6.42 Å². The highest BCUT2D eigenvalue weighted by Gasteiger charge is 2.05. The second kappa shape index (κ2) is 6.86. The summed E-state index contributed by atoms with van der Waals surface area (Å²) >= 11 is 1.56. The fraction of sp³-hybridized carbons (Fsp3) is 0.200. The largest absolute Gasteiger partial charge is 0.481 e. The van der Waals surface area contributed by atoms with Gasteiger partial charge in [-0.3, -0.25) is 9.59 Å². The molecule has 0 aliphatic carbocycles. The van der Waals surface area contributed by atoms with Gasteiger partial charge in [-0.05, 0) is 35.6 Å². The van der Waals surface area contributed by atoms with Crippen molar-refractivity contribution in [1.82, 2.24) is 0 Å². The quantitative estimate of drug-likeness (QED) is 0.859. The molecule has 0 fully saturated rings. The highest BCUT2D eigenvalue weighted by atomic mass is 32.1. The van der Waals surface area contributed by atoms with Crippen molar-refractivity contribution in [3.05, 3.63) is 52.2 Å². The van der Waals surface area contributed by atoms with Gasteiger partial charge in [-0.25, -0.2) is 0 Å². The van der Waals surface area contributed by atoms with Gasteiger partial charge in [-0.2, -0.15) is 0 Å². The van der Waals surface area contributed by atoms with Crippen molar-refractivity contribution in [2.75, 3.05) is 5.32 Å². The number of amides is 1. The van der Waals surface area contributed by atoms with Gasteiger partial charge in [-0.15, -0.1) is 11.3 Å². The first-order valence-electron chi connectivity index (χ1n) is 6.26. The number of carbonyl (C=O) groups is 2. The van der Waals surface area contributed by atoms with E-state index in [0.717, 1.165) is 16.1 Å². The molecule has 0 bridgehead atoms. The molecule has 0 unspecified atom stereocenters. The van der Waals surface area contributed by atoms with Crippen LogP contribution in [0.5, 0.6) is 0 Å². The smallest absolute Gasteiger partial charge is 0.303 e. The molecule has 20 heavy (non-hydrogen) atoms. The summed E-state index contributed by atoms with van der Waals surface area (Å²) in [6, 6.07) is 11.1. The Balaban J connectivity index is 1.86. The molecule has 2 N–H and O–H groups in total. The number of anilines is 1. The van der Waals surface area contributed by atoms with E-state index in [9.17, 15) is 9.59 Å². The van der Waals surface area contributed by atoms with Crippen molar-refractivity contribution in [3.63, 3.8) is 0 Å². The average Bonchev–Trinajstić information content (AvgIpc) is 2.90. The Kier molecular flexibility index (Phi) is 4.90. The first kappa shape index (κ1) is 14.3. The second-order valence-electron chi connectivity index (χ2n) is 4.39. The maximum atomic E-state index is 11.8. The van der Waals surface area contributed by atoms with Gasteiger partial charge in [0.25, 0.3) is 0 Å². The lowest BCUT2D eigenvalue weighted by molar-refractivity contribution is -0.137. The third kappa shape index (κ3) is 4.51. The third-order valence-electron chi connectivity index (χ3n) is 2.78. The highest BCUT2D eigenvalue weighted by molar-refractivity contribution is 7.10. The number of rotatable bonds is 6. The topological polar surface area (TPSA) is 66.4 Å². The molecular formula is C15H15NO3S. The number of carboxylic acids is 1. The van der Waals surface area contributed by atoms with Gasteiger partial charge in [0.1, 0.15) is 0 Å². The maximum Gasteiger partial charge on any atom is 0.303 e. The maximum absolute atomic E-state index is 11.8. The number of aliphatic carboxylic acids is 1. The second-order valence-corrected chi connectivity index (χ2v) is 5.43. The zero-order valence-electron chi connectivity index (χ0n) is 10.8. The van der Waals surface area contributed by atoms with Gasteiger partial charge in [0, 0.05) is 17.0 Å². The van der Waals surface area contributed by atoms with E-state index in [1.807, 2.05) is 29.6 Å². The van der Waals surface area contributed by atoms with Crippen molar-refractivity contribution in [3.8, 4) is 0 Å². The molecule has 0 spiro atoms. The molecule has 5 heteroatoms. The van der Waals surface area contributed by atoms with Gasteiger partial charge in [0.2, 0.25) is 5.91 Å². The Morgan fingerprint density at radius 2 is 1.90 bits per heavy atom. The van der Waals surface area contributed by atoms with Crippen LogP contribution in [0.15, 0.2) is 41.8 Å². The standard InChI is InChI=1S/C15H15NO3S/c17-14(10-13-2-1-9-20-13)16-12-6-3-11(4-7-12)5-8-15(18)19/h1-4,6-7,9H,5,8,10H2,(H,16,17)(H,18,19). The zero-order valence-corrected chi connectivity index (χ0v) is 11.7. The minimum atomic E-state index is -0.807. The molecule has 2 aromatic rings. The SMILES string of the molecule is O=C(O)CCc1ccc(NC(=O)Cc2cccs2)cc1. The summed E-state index contributed by atoms with van der Waals surface area (Å²) in [5.41, 5.74) is 1.68. The van der Waals surface area contributed by atoms with Crippen molar-refractivity contribution in [2.45, 2.75) is 19.3 Å². The molecule has 4 nitrogen and oxygen atoms in total. The minimum absolute atomic E-state index is 0.0502. The normalized spacial score (nSPS) is 10.2. The summed E-state index contributed by atoms with van der Waals surface area (Å²) in [5, 5.41) is 13.4. The fourth-order valence-corrected chi connectivity index (χ4v) is 2.49. The lowest BCUT2D eigenvalue weighted by Crippen LogP contribution is -2.13. The number of aryl methyl sites for hydroxylation is 1. The Hall–Kier alpha value is -2.14. The molecule has 2 rings (SSSR count). The predicted octanol–water partition coefficient (Wildman–Crippen LogP) is 2.95. The molecule has 0 saturated carbocycles. The molecule has 0 radical (unpaired) electrons. The number of hydrogen-bond donors (Lipinski definition) is 2. The van der Waals surface area contributed by atoms with Crippen molar-refractivity contribution in [1.29, 1.82) is 0 Å². The summed E-state index contributed by atoms with van der Waals surface area (Å²) in [7, 11) is 0. The Bertz CT molecular complexity index is 576. The van der Waals surface area contributed by atoms with E-state index in [-0.39, 0.29) is 12.3 Å². The zero-order chi connectivity index (χ0) is 14.4. The van der Waals surface area contributed by atoms with Crippen LogP contribution in [0.2, 0.25) is 0 Å². The van der Waals surface area contributed by atoms with Crippen molar-refractivity contribution < 1.29 is 14.7 Å². The van der Waals surface area contributed by atoms with Crippen LogP contribution in [0.1, 0.15) is 16.9 Å². The summed E-state index contributed by atoms with van der Waals surface area (Å²) in [4.78, 5) is 23.3. The third-order valence-corrected chi connectivity index (χ3v) is 3.66. The summed E-state index contributed by atoms with van der Waals surface area (Å²) in [6.07, 6.45) is 0.987. The van der Waals surface area contributed by atoms with Crippen LogP contribution >= 0.6 is 11.3 Å². The van der Waals surface area contributed by atoms with Gasteiger partial charge in [-0.1, -0.05) is 18.2 Å². The number of nitrogens with one attached hydrogen (secondary N) is 1. The van der Waals surface area contributed by atoms with Crippen LogP contribution in [-0.2, 0) is 22.4 Å². The lowest BCUT2D eigenvalue weighted by atomic mass is 10.1. The molecule has 1 aromatic carbocycles. The molecule has 1 aromatic heterocycles. The van der Waals surface area contributed by atoms with Crippen LogP contribution < -0.4 is 5.32 Å². The highest BCUT2D eigenvalue weighted by Crippen LogP contribution is 2.13. The first-order valence-corrected chi connectivity index (χ1v) is 7.14. The molecule has 104 valence electrons. The van der Waals surface area contributed by atoms with Crippen LogP contribution in [-0.4, -0.2) is 17.0 Å². The monoisotopic (exact) mass is 289 g/mol. The van der Waals surface area contributed by atoms with E-state index >= 15 is 0 Å². The van der Waals surface area contributed by atoms with Crippen molar-refractivity contribution >= 4 is 28.9 Å². The minimum Gasteiger partial charge on any atom is -0.481 e. The van der Waals surface area contributed by atoms with Crippen LogP contribution in [0.25, 0.3) is 0 Å². The number of hydrogen-bond acceptors (Lipinski definition) is 3. The van der Waals surface area contributed by atoms with Crippen LogP contribution in [0.4, 0.5) is 5.69 Å². The van der Waals surface area contributed by atoms with Gasteiger partial charge < -0.3 is 10.4 Å². The van der Waals surface area contributed by atoms with Crippen LogP contribution in [0.3, 0.4) is 0 Å². The number of carbonyl (C=O) groups excluding carboxylic acids is 1. The molecule has 0 atom stereocenters. The van der Waals surface area contributed by atoms with E-state index in [0.29, 0.717) is 12.8 Å². The van der Waals surface area contributed by atoms with Gasteiger partial charge >= 0.3 is 5.97 Å². The molecular weight excluding hydrogens is 274 g/mol. The van der Waals surface area contributed by atoms with Gasteiger partial charge in [0.15, 0.2) is 0 Å². The lowest BCUT2D eigenvalue weighted by Gasteiger charge is -2.05. The summed E-state index contributed by atoms with van der Waals surface area (Å²) < 4.78 is 0. The molecule has 1 amide bonds. The fourth-order valence-electron chi connectivity index (χ4n) is 1.78. The number of thiophene rings is 1. The number of carboxylic acid groups (broad SMARTS) is 1. The average molecular weight is 289 g/mol.